The fourth-order valence-corrected chi connectivity index (χ4v) is 1.97. The maximum absolute atomic E-state index is 12.7. The molecule has 0 saturated carbocycles. The number of hydrogen-bond donors (Lipinski definition) is 1. The maximum atomic E-state index is 12.7. The molecule has 0 radical (unpaired) electrons. The van der Waals surface area contributed by atoms with Crippen LogP contribution in [0.3, 0.4) is 0 Å². The van der Waals surface area contributed by atoms with Crippen molar-refractivity contribution in [1.82, 2.24) is 14.8 Å². The van der Waals surface area contributed by atoms with Crippen LogP contribution in [0.1, 0.15) is 29.9 Å². The summed E-state index contributed by atoms with van der Waals surface area (Å²) in [4.78, 5) is 4.07. The zero-order chi connectivity index (χ0) is 14.8. The third kappa shape index (κ3) is 3.16. The van der Waals surface area contributed by atoms with E-state index in [0.29, 0.717) is 24.4 Å². The van der Waals surface area contributed by atoms with Gasteiger partial charge in [-0.15, -0.1) is 0 Å². The third-order valence-electron chi connectivity index (χ3n) is 3.04. The molecule has 0 fully saturated rings. The van der Waals surface area contributed by atoms with Gasteiger partial charge < -0.3 is 5.73 Å². The largest absolute Gasteiger partial charge is 0.416 e. The summed E-state index contributed by atoms with van der Waals surface area (Å²) in [6.45, 7) is 2.55. The van der Waals surface area contributed by atoms with Crippen molar-refractivity contribution in [2.75, 3.05) is 0 Å². The van der Waals surface area contributed by atoms with E-state index in [4.69, 9.17) is 5.73 Å². The van der Waals surface area contributed by atoms with Gasteiger partial charge in [0.1, 0.15) is 12.2 Å². The highest BCUT2D eigenvalue weighted by Gasteiger charge is 2.30. The molecule has 0 aliphatic carbocycles. The lowest BCUT2D eigenvalue weighted by atomic mass is 10.0. The summed E-state index contributed by atoms with van der Waals surface area (Å²) in [5.41, 5.74) is 5.72. The average Bonchev–Trinajstić information content (AvgIpc) is 2.85. The van der Waals surface area contributed by atoms with Crippen LogP contribution in [0.2, 0.25) is 0 Å². The summed E-state index contributed by atoms with van der Waals surface area (Å²) in [6, 6.07) is 4.52. The van der Waals surface area contributed by atoms with E-state index in [1.807, 2.05) is 6.92 Å². The van der Waals surface area contributed by atoms with E-state index in [-0.39, 0.29) is 0 Å². The molecule has 2 rings (SSSR count). The first-order valence-electron chi connectivity index (χ1n) is 6.21. The van der Waals surface area contributed by atoms with Crippen molar-refractivity contribution in [3.63, 3.8) is 0 Å². The highest BCUT2D eigenvalue weighted by atomic mass is 19.4. The fraction of sp³-hybridized carbons (Fsp3) is 0.385. The summed E-state index contributed by atoms with van der Waals surface area (Å²) in [6.07, 6.45) is -2.61. The number of benzene rings is 1. The van der Waals surface area contributed by atoms with Crippen molar-refractivity contribution in [2.24, 2.45) is 5.73 Å². The number of hydrogen-bond acceptors (Lipinski definition) is 3. The first kappa shape index (κ1) is 14.5. The molecule has 1 unspecified atom stereocenters. The maximum Gasteiger partial charge on any atom is 0.416 e. The molecule has 20 heavy (non-hydrogen) atoms. The van der Waals surface area contributed by atoms with Crippen LogP contribution >= 0.6 is 0 Å². The Morgan fingerprint density at radius 2 is 2.10 bits per heavy atom. The third-order valence-corrected chi connectivity index (χ3v) is 3.04. The first-order chi connectivity index (χ1) is 9.41. The van der Waals surface area contributed by atoms with Crippen molar-refractivity contribution >= 4 is 0 Å². The molecule has 108 valence electrons. The average molecular weight is 284 g/mol. The number of aromatic nitrogens is 3. The van der Waals surface area contributed by atoms with E-state index >= 15 is 0 Å². The van der Waals surface area contributed by atoms with Crippen molar-refractivity contribution in [2.45, 2.75) is 32.1 Å². The molecule has 0 aliphatic heterocycles. The lowest BCUT2D eigenvalue weighted by Crippen LogP contribution is -2.17. The molecule has 1 aromatic heterocycles. The van der Waals surface area contributed by atoms with Crippen LogP contribution in [-0.2, 0) is 19.1 Å². The Balaban J connectivity index is 2.19. The highest BCUT2D eigenvalue weighted by Crippen LogP contribution is 2.30. The molecule has 0 saturated heterocycles. The van der Waals surface area contributed by atoms with E-state index in [0.717, 1.165) is 12.1 Å². The Morgan fingerprint density at radius 1 is 1.35 bits per heavy atom. The van der Waals surface area contributed by atoms with Gasteiger partial charge >= 0.3 is 6.18 Å². The quantitative estimate of drug-likeness (QED) is 0.938. The van der Waals surface area contributed by atoms with Gasteiger partial charge in [0.15, 0.2) is 0 Å². The van der Waals surface area contributed by atoms with Gasteiger partial charge in [0, 0.05) is 19.0 Å². The molecule has 0 bridgehead atoms. The minimum Gasteiger partial charge on any atom is -0.324 e. The summed E-state index contributed by atoms with van der Waals surface area (Å²) in [5, 5.41) is 4.01. The van der Waals surface area contributed by atoms with E-state index in [1.165, 1.54) is 12.4 Å². The predicted molar refractivity (Wildman–Crippen MR) is 67.8 cm³/mol. The monoisotopic (exact) mass is 284 g/mol. The zero-order valence-corrected chi connectivity index (χ0v) is 10.9. The topological polar surface area (TPSA) is 56.7 Å². The van der Waals surface area contributed by atoms with Crippen LogP contribution in [0.5, 0.6) is 0 Å². The Bertz CT molecular complexity index is 577. The highest BCUT2D eigenvalue weighted by molar-refractivity contribution is 5.28. The lowest BCUT2D eigenvalue weighted by Gasteiger charge is -2.14. The first-order valence-corrected chi connectivity index (χ1v) is 6.21. The second-order valence-electron chi connectivity index (χ2n) is 4.43. The van der Waals surface area contributed by atoms with Crippen LogP contribution in [0.25, 0.3) is 0 Å². The van der Waals surface area contributed by atoms with E-state index in [1.54, 1.807) is 10.7 Å². The molecule has 4 nitrogen and oxygen atoms in total. The van der Waals surface area contributed by atoms with Crippen LogP contribution in [-0.4, -0.2) is 14.8 Å². The van der Waals surface area contributed by atoms with Gasteiger partial charge in [0.25, 0.3) is 0 Å². The normalized spacial score (nSPS) is 13.4. The van der Waals surface area contributed by atoms with Gasteiger partial charge in [-0.25, -0.2) is 4.98 Å². The minimum atomic E-state index is -4.36. The number of aryl methyl sites for hydroxylation is 1. The van der Waals surface area contributed by atoms with Gasteiger partial charge in [-0.3, -0.25) is 4.68 Å². The van der Waals surface area contributed by atoms with Crippen LogP contribution in [0.15, 0.2) is 30.6 Å². The number of halogens is 3. The van der Waals surface area contributed by atoms with Crippen molar-refractivity contribution in [3.8, 4) is 0 Å². The van der Waals surface area contributed by atoms with Gasteiger partial charge in [-0.2, -0.15) is 18.3 Å². The number of nitrogens with two attached hydrogens (primary N) is 1. The van der Waals surface area contributed by atoms with E-state index < -0.39 is 17.8 Å². The molecule has 2 N–H and O–H groups in total. The Labute approximate surface area is 114 Å². The number of rotatable bonds is 4. The number of alkyl halides is 3. The van der Waals surface area contributed by atoms with Gasteiger partial charge in [0.2, 0.25) is 0 Å². The van der Waals surface area contributed by atoms with E-state index in [9.17, 15) is 13.2 Å². The molecular weight excluding hydrogens is 269 g/mol. The van der Waals surface area contributed by atoms with Crippen LogP contribution < -0.4 is 5.73 Å². The van der Waals surface area contributed by atoms with Gasteiger partial charge in [-0.1, -0.05) is 12.1 Å². The molecule has 1 heterocycles. The SMILES string of the molecule is CCn1ncnc1CC(N)c1cccc(C(F)(F)F)c1. The molecule has 0 spiro atoms. The Hall–Kier alpha value is -1.89. The number of nitrogens with zero attached hydrogens (tertiary/aromatic N) is 3. The smallest absolute Gasteiger partial charge is 0.324 e. The van der Waals surface area contributed by atoms with Crippen LogP contribution in [0.4, 0.5) is 13.2 Å². The van der Waals surface area contributed by atoms with Crippen molar-refractivity contribution < 1.29 is 13.2 Å². The predicted octanol–water partition coefficient (Wildman–Crippen LogP) is 2.56. The lowest BCUT2D eigenvalue weighted by molar-refractivity contribution is -0.137. The van der Waals surface area contributed by atoms with E-state index in [2.05, 4.69) is 10.1 Å². The molecular formula is C13H15F3N4. The minimum absolute atomic E-state index is 0.342. The molecule has 2 aromatic rings. The van der Waals surface area contributed by atoms with Crippen molar-refractivity contribution in [3.05, 3.63) is 47.5 Å². The second-order valence-corrected chi connectivity index (χ2v) is 4.43. The van der Waals surface area contributed by atoms with Crippen LogP contribution in [0, 0.1) is 0 Å². The summed E-state index contributed by atoms with van der Waals surface area (Å²) in [7, 11) is 0. The molecule has 1 atom stereocenters. The standard InChI is InChI=1S/C13H15F3N4/c1-2-20-12(18-8-19-20)7-11(17)9-4-3-5-10(6-9)13(14,15)16/h3-6,8,11H,2,7,17H2,1H3. The molecule has 7 heteroatoms. The molecule has 1 aromatic carbocycles. The summed E-state index contributed by atoms with van der Waals surface area (Å²) >= 11 is 0. The summed E-state index contributed by atoms with van der Waals surface area (Å²) in [5.74, 6) is 0.664. The Morgan fingerprint density at radius 3 is 2.75 bits per heavy atom. The molecule has 0 amide bonds. The van der Waals surface area contributed by atoms with Gasteiger partial charge in [0.05, 0.1) is 5.56 Å². The molecule has 0 aliphatic rings. The fourth-order valence-electron chi connectivity index (χ4n) is 1.97. The summed E-state index contributed by atoms with van der Waals surface area (Å²) < 4.78 is 39.7. The zero-order valence-electron chi connectivity index (χ0n) is 10.9. The van der Waals surface area contributed by atoms with Gasteiger partial charge in [-0.05, 0) is 24.6 Å². The van der Waals surface area contributed by atoms with Crippen molar-refractivity contribution in [1.29, 1.82) is 0 Å². The Kier molecular flexibility index (Phi) is 4.08. The second kappa shape index (κ2) is 5.62.